The highest BCUT2D eigenvalue weighted by Gasteiger charge is 2.00. The van der Waals surface area contributed by atoms with E-state index in [0.717, 1.165) is 21.8 Å². The maximum atomic E-state index is 4.35. The Kier molecular flexibility index (Phi) is 6.29. The van der Waals surface area contributed by atoms with Gasteiger partial charge in [0.05, 0.1) is 11.0 Å². The molecule has 0 radical (unpaired) electrons. The first-order valence-electron chi connectivity index (χ1n) is 7.53. The van der Waals surface area contributed by atoms with Crippen LogP contribution in [0, 0.1) is 5.41 Å². The summed E-state index contributed by atoms with van der Waals surface area (Å²) < 4.78 is 0. The van der Waals surface area contributed by atoms with Crippen LogP contribution in [0.5, 0.6) is 0 Å². The van der Waals surface area contributed by atoms with Crippen LogP contribution < -0.4 is 0 Å². The van der Waals surface area contributed by atoms with Gasteiger partial charge in [-0.1, -0.05) is 65.8 Å². The number of hydrogen-bond donors (Lipinski definition) is 0. The summed E-state index contributed by atoms with van der Waals surface area (Å²) in [5, 5.41) is 2.28. The van der Waals surface area contributed by atoms with Gasteiger partial charge in [-0.15, -0.1) is 0 Å². The normalized spacial score (nSPS) is 10.4. The van der Waals surface area contributed by atoms with Crippen LogP contribution >= 0.6 is 0 Å². The Hall–Kier alpha value is -1.96. The highest BCUT2D eigenvalue weighted by atomic mass is 14.7. The van der Waals surface area contributed by atoms with E-state index in [9.17, 15) is 0 Å². The number of pyridine rings is 2. The van der Waals surface area contributed by atoms with E-state index in [1.165, 1.54) is 0 Å². The van der Waals surface area contributed by atoms with Gasteiger partial charge in [0.1, 0.15) is 0 Å². The Balaban J connectivity index is 0.000000272. The van der Waals surface area contributed by atoms with Gasteiger partial charge in [0, 0.05) is 23.2 Å². The second kappa shape index (κ2) is 7.72. The van der Waals surface area contributed by atoms with E-state index in [2.05, 4.69) is 61.9 Å². The van der Waals surface area contributed by atoms with Crippen molar-refractivity contribution in [3.63, 3.8) is 0 Å². The molecule has 0 aliphatic heterocycles. The molecule has 0 aliphatic rings. The molecule has 0 fully saturated rings. The Labute approximate surface area is 128 Å². The number of aromatic nitrogens is 2. The van der Waals surface area contributed by atoms with Crippen LogP contribution in [0.1, 0.15) is 41.5 Å². The summed E-state index contributed by atoms with van der Waals surface area (Å²) in [6.07, 6.45) is 3.60. The molecule has 0 spiro atoms. The lowest BCUT2D eigenvalue weighted by atomic mass is 10.0. The lowest BCUT2D eigenvalue weighted by molar-refractivity contribution is 0.469. The second-order valence-electron chi connectivity index (χ2n) is 6.22. The smallest absolute Gasteiger partial charge is 0.0964 e. The molecule has 0 unspecified atom stereocenters. The summed E-state index contributed by atoms with van der Waals surface area (Å²) in [7, 11) is 0. The molecule has 2 heteroatoms. The lowest BCUT2D eigenvalue weighted by Crippen LogP contribution is -1.93. The van der Waals surface area contributed by atoms with Crippen LogP contribution in [-0.4, -0.2) is 9.97 Å². The summed E-state index contributed by atoms with van der Waals surface area (Å²) in [5.41, 5.74) is 2.45. The van der Waals surface area contributed by atoms with Gasteiger partial charge in [-0.05, 0) is 17.5 Å². The predicted molar refractivity (Wildman–Crippen MR) is 93.5 cm³/mol. The van der Waals surface area contributed by atoms with Gasteiger partial charge < -0.3 is 0 Å². The standard InChI is InChI=1S/C12H8N2.C5H12.C2H6/c1-3-9-5-6-10-4-2-8-14-12(10)11(9)13-7-1;1-5(2,3)4;1-2/h1-8H;1-4H3;1-2H3. The molecule has 1 aromatic carbocycles. The first kappa shape index (κ1) is 17.1. The molecule has 0 bridgehead atoms. The van der Waals surface area contributed by atoms with E-state index in [1.807, 2.05) is 26.0 Å². The molecule has 2 nitrogen and oxygen atoms in total. The van der Waals surface area contributed by atoms with Crippen LogP contribution in [-0.2, 0) is 0 Å². The Bertz CT molecular complexity index is 621. The molecule has 3 rings (SSSR count). The monoisotopic (exact) mass is 282 g/mol. The van der Waals surface area contributed by atoms with Crippen LogP contribution in [0.2, 0.25) is 0 Å². The van der Waals surface area contributed by atoms with Gasteiger partial charge in [0.25, 0.3) is 0 Å². The van der Waals surface area contributed by atoms with E-state index >= 15 is 0 Å². The van der Waals surface area contributed by atoms with Crippen molar-refractivity contribution in [2.45, 2.75) is 41.5 Å². The molecule has 21 heavy (non-hydrogen) atoms. The average molecular weight is 282 g/mol. The molecule has 112 valence electrons. The van der Waals surface area contributed by atoms with Crippen molar-refractivity contribution in [2.24, 2.45) is 5.41 Å². The fourth-order valence-electron chi connectivity index (χ4n) is 1.68. The Morgan fingerprint density at radius 3 is 1.33 bits per heavy atom. The van der Waals surface area contributed by atoms with Crippen molar-refractivity contribution < 1.29 is 0 Å². The molecule has 0 saturated heterocycles. The molecule has 0 N–H and O–H groups in total. The van der Waals surface area contributed by atoms with Crippen LogP contribution in [0.3, 0.4) is 0 Å². The zero-order valence-electron chi connectivity index (χ0n) is 14.0. The van der Waals surface area contributed by atoms with Gasteiger partial charge in [-0.2, -0.15) is 0 Å². The highest BCUT2D eigenvalue weighted by Crippen LogP contribution is 2.20. The molecule has 3 aromatic rings. The van der Waals surface area contributed by atoms with Crippen LogP contribution in [0.25, 0.3) is 21.8 Å². The second-order valence-corrected chi connectivity index (χ2v) is 6.22. The molecular weight excluding hydrogens is 256 g/mol. The molecule has 2 heterocycles. The van der Waals surface area contributed by atoms with Gasteiger partial charge in [-0.3, -0.25) is 9.97 Å². The zero-order chi connectivity index (χ0) is 15.9. The Morgan fingerprint density at radius 2 is 1.00 bits per heavy atom. The lowest BCUT2D eigenvalue weighted by Gasteiger charge is -2.05. The van der Waals surface area contributed by atoms with Crippen LogP contribution in [0.15, 0.2) is 48.8 Å². The van der Waals surface area contributed by atoms with Gasteiger partial charge in [-0.25, -0.2) is 0 Å². The van der Waals surface area contributed by atoms with E-state index in [-0.39, 0.29) is 0 Å². The summed E-state index contributed by atoms with van der Waals surface area (Å²) in [6.45, 7) is 12.8. The predicted octanol–water partition coefficient (Wildman–Crippen LogP) is 5.86. The first-order valence-corrected chi connectivity index (χ1v) is 7.53. The summed E-state index contributed by atoms with van der Waals surface area (Å²) in [6, 6.07) is 12.1. The fourth-order valence-corrected chi connectivity index (χ4v) is 1.68. The minimum Gasteiger partial charge on any atom is -0.254 e. The van der Waals surface area contributed by atoms with E-state index in [4.69, 9.17) is 0 Å². The minimum absolute atomic E-state index is 0.500. The maximum absolute atomic E-state index is 4.35. The highest BCUT2D eigenvalue weighted by molar-refractivity contribution is 6.02. The molecule has 0 amide bonds. The fraction of sp³-hybridized carbons (Fsp3) is 0.368. The third kappa shape index (κ3) is 5.50. The topological polar surface area (TPSA) is 25.8 Å². The number of benzene rings is 1. The molecular formula is C19H26N2. The molecule has 0 atom stereocenters. The number of hydrogen-bond acceptors (Lipinski definition) is 2. The first-order chi connectivity index (χ1) is 9.95. The van der Waals surface area contributed by atoms with Gasteiger partial charge in [0.15, 0.2) is 0 Å². The van der Waals surface area contributed by atoms with Gasteiger partial charge in [0.2, 0.25) is 0 Å². The average Bonchev–Trinajstić information content (AvgIpc) is 2.47. The summed E-state index contributed by atoms with van der Waals surface area (Å²) >= 11 is 0. The number of nitrogens with zero attached hydrogens (tertiary/aromatic N) is 2. The quantitative estimate of drug-likeness (QED) is 0.482. The summed E-state index contributed by atoms with van der Waals surface area (Å²) in [4.78, 5) is 8.69. The van der Waals surface area contributed by atoms with Gasteiger partial charge >= 0.3 is 0 Å². The van der Waals surface area contributed by atoms with Crippen molar-refractivity contribution in [3.8, 4) is 0 Å². The maximum Gasteiger partial charge on any atom is 0.0964 e. The SMILES string of the molecule is CC.CC(C)(C)C.c1cnc2c(c1)ccc1cccnc12. The minimum atomic E-state index is 0.500. The van der Waals surface area contributed by atoms with Crippen molar-refractivity contribution in [1.29, 1.82) is 0 Å². The zero-order valence-corrected chi connectivity index (χ0v) is 14.0. The summed E-state index contributed by atoms with van der Waals surface area (Å²) in [5.74, 6) is 0. The van der Waals surface area contributed by atoms with Crippen molar-refractivity contribution in [2.75, 3.05) is 0 Å². The van der Waals surface area contributed by atoms with Crippen molar-refractivity contribution >= 4 is 21.8 Å². The van der Waals surface area contributed by atoms with E-state index < -0.39 is 0 Å². The number of fused-ring (bicyclic) bond motifs is 3. The molecule has 0 aliphatic carbocycles. The van der Waals surface area contributed by atoms with Crippen molar-refractivity contribution in [1.82, 2.24) is 9.97 Å². The molecule has 2 aromatic heterocycles. The Morgan fingerprint density at radius 1 is 0.667 bits per heavy atom. The third-order valence-electron chi connectivity index (χ3n) is 2.34. The third-order valence-corrected chi connectivity index (χ3v) is 2.34. The largest absolute Gasteiger partial charge is 0.254 e. The van der Waals surface area contributed by atoms with Crippen molar-refractivity contribution in [3.05, 3.63) is 48.8 Å². The van der Waals surface area contributed by atoms with Crippen LogP contribution in [0.4, 0.5) is 0 Å². The molecule has 0 saturated carbocycles. The van der Waals surface area contributed by atoms with E-state index in [0.29, 0.717) is 5.41 Å². The number of rotatable bonds is 0. The van der Waals surface area contributed by atoms with E-state index in [1.54, 1.807) is 12.4 Å².